The number of hydrogen-bond acceptors (Lipinski definition) is 6. The predicted octanol–water partition coefficient (Wildman–Crippen LogP) is 20.2. The van der Waals surface area contributed by atoms with E-state index in [9.17, 15) is 14.4 Å². The van der Waals surface area contributed by atoms with Gasteiger partial charge in [-0.05, 0) is 83.5 Å². The highest BCUT2D eigenvalue weighted by molar-refractivity contribution is 5.71. The number of rotatable bonds is 54. The first kappa shape index (κ1) is 66.9. The summed E-state index contributed by atoms with van der Waals surface area (Å²) >= 11 is 0. The maximum atomic E-state index is 12.8. The average Bonchev–Trinajstić information content (AvgIpc) is 3.36. The molecule has 0 heterocycles. The van der Waals surface area contributed by atoms with Gasteiger partial charge in [-0.1, -0.05) is 267 Å². The van der Waals surface area contributed by atoms with Crippen molar-refractivity contribution in [3.8, 4) is 0 Å². The van der Waals surface area contributed by atoms with E-state index in [-0.39, 0.29) is 37.5 Å². The molecule has 0 aliphatic heterocycles. The number of carbonyl (C=O) groups is 3. The normalized spacial score (nSPS) is 12.6. The van der Waals surface area contributed by atoms with Gasteiger partial charge in [-0.3, -0.25) is 14.4 Å². The first-order valence-corrected chi connectivity index (χ1v) is 30.0. The van der Waals surface area contributed by atoms with Crippen molar-refractivity contribution in [2.75, 3.05) is 13.2 Å². The van der Waals surface area contributed by atoms with Crippen LogP contribution in [0.1, 0.15) is 297 Å². The second kappa shape index (κ2) is 58.4. The molecule has 0 saturated heterocycles. The van der Waals surface area contributed by atoms with Crippen LogP contribution in [0.5, 0.6) is 0 Å². The fraction of sp³-hybridized carbons (Fsp3) is 0.766. The van der Waals surface area contributed by atoms with Gasteiger partial charge in [0.15, 0.2) is 6.10 Å². The number of carbonyl (C=O) groups excluding carboxylic acids is 3. The van der Waals surface area contributed by atoms with Crippen LogP contribution in [-0.2, 0) is 28.6 Å². The van der Waals surface area contributed by atoms with Gasteiger partial charge in [0.2, 0.25) is 0 Å². The van der Waals surface area contributed by atoms with E-state index in [1.54, 1.807) is 0 Å². The Morgan fingerprint density at radius 2 is 0.571 bits per heavy atom. The van der Waals surface area contributed by atoms with Gasteiger partial charge < -0.3 is 14.2 Å². The van der Waals surface area contributed by atoms with Gasteiger partial charge in [-0.25, -0.2) is 0 Å². The summed E-state index contributed by atoms with van der Waals surface area (Å²) in [5, 5.41) is 0. The Kier molecular flexibility index (Phi) is 55.8. The molecule has 0 N–H and O–H groups in total. The minimum Gasteiger partial charge on any atom is -0.462 e. The lowest BCUT2D eigenvalue weighted by molar-refractivity contribution is -0.167. The van der Waals surface area contributed by atoms with Crippen LogP contribution in [0.4, 0.5) is 0 Å². The summed E-state index contributed by atoms with van der Waals surface area (Å²) < 4.78 is 16.8. The summed E-state index contributed by atoms with van der Waals surface area (Å²) in [6.45, 7) is 6.58. The topological polar surface area (TPSA) is 78.9 Å². The fourth-order valence-corrected chi connectivity index (χ4v) is 8.43. The second-order valence-corrected chi connectivity index (χ2v) is 19.9. The van der Waals surface area contributed by atoms with Gasteiger partial charge in [0.05, 0.1) is 0 Å². The van der Waals surface area contributed by atoms with Crippen LogP contribution in [-0.4, -0.2) is 37.2 Å². The monoisotopic (exact) mass is 977 g/mol. The van der Waals surface area contributed by atoms with Crippen LogP contribution in [0.3, 0.4) is 0 Å². The van der Waals surface area contributed by atoms with Crippen molar-refractivity contribution in [1.29, 1.82) is 0 Å². The first-order valence-electron chi connectivity index (χ1n) is 30.0. The number of hydrogen-bond donors (Lipinski definition) is 0. The summed E-state index contributed by atoms with van der Waals surface area (Å²) in [7, 11) is 0. The van der Waals surface area contributed by atoms with Crippen LogP contribution in [0.25, 0.3) is 0 Å². The van der Waals surface area contributed by atoms with E-state index in [2.05, 4.69) is 93.7 Å². The molecule has 0 bridgehead atoms. The van der Waals surface area contributed by atoms with Crippen molar-refractivity contribution < 1.29 is 28.6 Å². The van der Waals surface area contributed by atoms with Crippen LogP contribution in [0, 0.1) is 0 Å². The molecule has 0 aromatic heterocycles. The molecule has 1 atom stereocenters. The van der Waals surface area contributed by atoms with Crippen molar-refractivity contribution in [1.82, 2.24) is 0 Å². The third-order valence-corrected chi connectivity index (χ3v) is 13.0. The maximum Gasteiger partial charge on any atom is 0.306 e. The Labute approximate surface area is 433 Å². The molecular formula is C64H112O6. The SMILES string of the molecule is CCCCC/C=C\C/C=C\C/C=C\C/C=C\CCCC(=O)OC(COC(=O)CCCCCCC/C=C\C=C/CCCCCCCCC)COC(=O)CCCCCCCCCCCCCCCCCCC. The lowest BCUT2D eigenvalue weighted by Crippen LogP contribution is -2.30. The van der Waals surface area contributed by atoms with Crippen molar-refractivity contribution in [2.24, 2.45) is 0 Å². The smallest absolute Gasteiger partial charge is 0.306 e. The summed E-state index contributed by atoms with van der Waals surface area (Å²) in [5.41, 5.74) is 0. The van der Waals surface area contributed by atoms with Gasteiger partial charge in [-0.15, -0.1) is 0 Å². The Hall–Kier alpha value is -3.15. The zero-order valence-corrected chi connectivity index (χ0v) is 46.3. The molecule has 404 valence electrons. The Bertz CT molecular complexity index is 1310. The van der Waals surface area contributed by atoms with Gasteiger partial charge >= 0.3 is 17.9 Å². The molecule has 70 heavy (non-hydrogen) atoms. The number of ether oxygens (including phenoxy) is 3. The molecule has 6 heteroatoms. The highest BCUT2D eigenvalue weighted by Gasteiger charge is 2.19. The van der Waals surface area contributed by atoms with Gasteiger partial charge in [-0.2, -0.15) is 0 Å². The largest absolute Gasteiger partial charge is 0.462 e. The minimum absolute atomic E-state index is 0.0998. The molecule has 6 nitrogen and oxygen atoms in total. The Morgan fingerprint density at radius 1 is 0.300 bits per heavy atom. The van der Waals surface area contributed by atoms with Crippen molar-refractivity contribution >= 4 is 17.9 Å². The lowest BCUT2D eigenvalue weighted by atomic mass is 10.0. The van der Waals surface area contributed by atoms with Crippen molar-refractivity contribution in [2.45, 2.75) is 303 Å². The molecule has 0 fully saturated rings. The molecule has 0 aromatic rings. The molecule has 1 unspecified atom stereocenters. The molecule has 0 aliphatic carbocycles. The zero-order valence-electron chi connectivity index (χ0n) is 46.3. The van der Waals surface area contributed by atoms with E-state index in [4.69, 9.17) is 14.2 Å². The standard InChI is InChI=1S/C64H112O6/c1-4-7-10-13-16-19-22-25-28-31-34-36-39-42-45-48-51-54-57-63(66)69-60-61(70-64(67)58-55-52-49-46-43-40-37-33-30-27-24-21-18-15-12-9-6-3)59-68-62(65)56-53-50-47-44-41-38-35-32-29-26-23-20-17-14-11-8-5-2/h18,21,27-28,30-31,34,36-37,40,46,49,61H,4-17,19-20,22-26,29,32-33,35,38-39,41-45,47-48,50-60H2,1-3H3/b21-18-,30-27-,31-28-,36-34-,40-37-,49-46-. The molecular weight excluding hydrogens is 865 g/mol. The van der Waals surface area contributed by atoms with E-state index < -0.39 is 6.10 Å². The van der Waals surface area contributed by atoms with Crippen LogP contribution in [0.2, 0.25) is 0 Å². The van der Waals surface area contributed by atoms with E-state index in [1.165, 1.54) is 167 Å². The first-order chi connectivity index (χ1) is 34.5. The van der Waals surface area contributed by atoms with E-state index in [1.807, 2.05) is 0 Å². The Balaban J connectivity index is 4.47. The third-order valence-electron chi connectivity index (χ3n) is 13.0. The van der Waals surface area contributed by atoms with E-state index in [0.29, 0.717) is 19.3 Å². The molecule has 0 spiro atoms. The fourth-order valence-electron chi connectivity index (χ4n) is 8.43. The molecule has 0 saturated carbocycles. The summed E-state index contributed by atoms with van der Waals surface area (Å²) in [5.74, 6) is -0.960. The highest BCUT2D eigenvalue weighted by Crippen LogP contribution is 2.16. The summed E-state index contributed by atoms with van der Waals surface area (Å²) in [6, 6.07) is 0. The summed E-state index contributed by atoms with van der Waals surface area (Å²) in [6.07, 6.45) is 74.7. The second-order valence-electron chi connectivity index (χ2n) is 19.9. The van der Waals surface area contributed by atoms with Crippen LogP contribution < -0.4 is 0 Å². The minimum atomic E-state index is -0.810. The van der Waals surface area contributed by atoms with Gasteiger partial charge in [0, 0.05) is 19.3 Å². The number of esters is 3. The van der Waals surface area contributed by atoms with Gasteiger partial charge in [0.1, 0.15) is 13.2 Å². The molecule has 0 amide bonds. The van der Waals surface area contributed by atoms with Crippen LogP contribution in [0.15, 0.2) is 72.9 Å². The van der Waals surface area contributed by atoms with E-state index >= 15 is 0 Å². The lowest BCUT2D eigenvalue weighted by Gasteiger charge is -2.18. The number of allylic oxidation sites excluding steroid dienone is 12. The quantitative estimate of drug-likeness (QED) is 0.0199. The van der Waals surface area contributed by atoms with E-state index in [0.717, 1.165) is 83.5 Å². The summed E-state index contributed by atoms with van der Waals surface area (Å²) in [4.78, 5) is 38.2. The zero-order chi connectivity index (χ0) is 50.7. The van der Waals surface area contributed by atoms with Gasteiger partial charge in [0.25, 0.3) is 0 Å². The number of unbranched alkanes of at least 4 members (excludes halogenated alkanes) is 32. The van der Waals surface area contributed by atoms with Crippen molar-refractivity contribution in [3.05, 3.63) is 72.9 Å². The molecule has 0 radical (unpaired) electrons. The van der Waals surface area contributed by atoms with Crippen LogP contribution >= 0.6 is 0 Å². The third kappa shape index (κ3) is 55.8. The average molecular weight is 978 g/mol. The highest BCUT2D eigenvalue weighted by atomic mass is 16.6. The predicted molar refractivity (Wildman–Crippen MR) is 302 cm³/mol. The molecule has 0 aromatic carbocycles. The molecule has 0 rings (SSSR count). The maximum absolute atomic E-state index is 12.8. The Morgan fingerprint density at radius 3 is 0.957 bits per heavy atom. The molecule has 0 aliphatic rings. The van der Waals surface area contributed by atoms with Crippen molar-refractivity contribution in [3.63, 3.8) is 0 Å².